The molecule has 1 aromatic heterocycles. The fourth-order valence-corrected chi connectivity index (χ4v) is 3.06. The van der Waals surface area contributed by atoms with Gasteiger partial charge in [-0.1, -0.05) is 11.6 Å². The molecule has 0 spiro atoms. The first kappa shape index (κ1) is 12.2. The molecule has 2 aromatic rings. The topological polar surface area (TPSA) is 24.0 Å². The summed E-state index contributed by atoms with van der Waals surface area (Å²) in [5.74, 6) is 0. The Labute approximate surface area is 116 Å². The molecule has 1 aromatic carbocycles. The molecular weight excluding hydrogens is 266 g/mol. The molecule has 0 unspecified atom stereocenters. The third-order valence-corrected chi connectivity index (χ3v) is 4.13. The Hall–Kier alpha value is -0.840. The van der Waals surface area contributed by atoms with Crippen molar-refractivity contribution in [3.05, 3.63) is 28.0 Å². The largest absolute Gasteiger partial charge is 0.331 e. The smallest absolute Gasteiger partial charge is 0.178 e. The van der Waals surface area contributed by atoms with Crippen molar-refractivity contribution in [2.75, 3.05) is 19.6 Å². The second kappa shape index (κ2) is 5.03. The monoisotopic (exact) mass is 281 g/mol. The molecule has 0 radical (unpaired) electrons. The zero-order valence-corrected chi connectivity index (χ0v) is 11.7. The molecule has 96 valence electrons. The van der Waals surface area contributed by atoms with Crippen LogP contribution in [0.4, 0.5) is 0 Å². The van der Waals surface area contributed by atoms with Crippen molar-refractivity contribution < 1.29 is 0 Å². The highest BCUT2D eigenvalue weighted by atomic mass is 35.5. The van der Waals surface area contributed by atoms with Crippen LogP contribution < -0.4 is 0 Å². The lowest BCUT2D eigenvalue weighted by Gasteiger charge is -2.15. The number of halogens is 1. The lowest BCUT2D eigenvalue weighted by atomic mass is 10.3. The number of hydrogen-bond acceptors (Lipinski definition) is 2. The van der Waals surface area contributed by atoms with E-state index in [0.29, 0.717) is 0 Å². The van der Waals surface area contributed by atoms with Crippen molar-refractivity contribution in [2.45, 2.75) is 19.4 Å². The van der Waals surface area contributed by atoms with E-state index >= 15 is 0 Å². The van der Waals surface area contributed by atoms with Gasteiger partial charge in [-0.05, 0) is 56.3 Å². The van der Waals surface area contributed by atoms with Gasteiger partial charge in [0.15, 0.2) is 4.77 Å². The Morgan fingerprint density at radius 1 is 1.22 bits per heavy atom. The highest BCUT2D eigenvalue weighted by molar-refractivity contribution is 7.71. The Kier molecular flexibility index (Phi) is 3.41. The Morgan fingerprint density at radius 3 is 2.78 bits per heavy atom. The van der Waals surface area contributed by atoms with Gasteiger partial charge in [-0.25, -0.2) is 0 Å². The van der Waals surface area contributed by atoms with Crippen LogP contribution in [0.2, 0.25) is 5.02 Å². The van der Waals surface area contributed by atoms with Gasteiger partial charge in [0, 0.05) is 18.1 Å². The lowest BCUT2D eigenvalue weighted by molar-refractivity contribution is 0.323. The summed E-state index contributed by atoms with van der Waals surface area (Å²) in [7, 11) is 0. The molecule has 0 aliphatic carbocycles. The van der Waals surface area contributed by atoms with Crippen molar-refractivity contribution in [3.63, 3.8) is 0 Å². The predicted octanol–water partition coefficient (Wildman–Crippen LogP) is 3.45. The predicted molar refractivity (Wildman–Crippen MR) is 77.8 cm³/mol. The quantitative estimate of drug-likeness (QED) is 0.872. The van der Waals surface area contributed by atoms with E-state index in [-0.39, 0.29) is 0 Å². The van der Waals surface area contributed by atoms with Gasteiger partial charge in [-0.15, -0.1) is 0 Å². The van der Waals surface area contributed by atoms with E-state index in [4.69, 9.17) is 23.8 Å². The molecule has 1 N–H and O–H groups in total. The third-order valence-electron chi connectivity index (χ3n) is 3.58. The van der Waals surface area contributed by atoms with Gasteiger partial charge in [-0.2, -0.15) is 0 Å². The second-order valence-electron chi connectivity index (χ2n) is 4.79. The van der Waals surface area contributed by atoms with E-state index in [1.807, 2.05) is 18.2 Å². The summed E-state index contributed by atoms with van der Waals surface area (Å²) >= 11 is 11.4. The first-order chi connectivity index (χ1) is 8.74. The third kappa shape index (κ3) is 2.32. The van der Waals surface area contributed by atoms with E-state index in [0.717, 1.165) is 33.9 Å². The van der Waals surface area contributed by atoms with Crippen LogP contribution in [0.15, 0.2) is 18.2 Å². The summed E-state index contributed by atoms with van der Waals surface area (Å²) in [6.07, 6.45) is 2.65. The summed E-state index contributed by atoms with van der Waals surface area (Å²) in [6.45, 7) is 4.43. The first-order valence-electron chi connectivity index (χ1n) is 6.34. The number of benzene rings is 1. The molecule has 0 bridgehead atoms. The van der Waals surface area contributed by atoms with Crippen LogP contribution in [0.25, 0.3) is 11.0 Å². The molecule has 1 aliphatic heterocycles. The second-order valence-corrected chi connectivity index (χ2v) is 5.62. The molecule has 2 heterocycles. The fraction of sp³-hybridized carbons (Fsp3) is 0.462. The summed E-state index contributed by atoms with van der Waals surface area (Å²) < 4.78 is 2.93. The van der Waals surface area contributed by atoms with Gasteiger partial charge in [0.05, 0.1) is 11.0 Å². The molecule has 0 amide bonds. The Balaban J connectivity index is 1.87. The van der Waals surface area contributed by atoms with Gasteiger partial charge in [0.2, 0.25) is 0 Å². The van der Waals surface area contributed by atoms with Crippen LogP contribution in [-0.2, 0) is 6.54 Å². The van der Waals surface area contributed by atoms with Crippen LogP contribution >= 0.6 is 23.8 Å². The zero-order chi connectivity index (χ0) is 12.5. The number of hydrogen-bond donors (Lipinski definition) is 1. The number of H-pyrrole nitrogens is 1. The molecule has 0 saturated carbocycles. The van der Waals surface area contributed by atoms with E-state index in [1.54, 1.807) is 0 Å². The van der Waals surface area contributed by atoms with E-state index < -0.39 is 0 Å². The van der Waals surface area contributed by atoms with Gasteiger partial charge in [-0.3, -0.25) is 0 Å². The number of rotatable bonds is 3. The van der Waals surface area contributed by atoms with Crippen LogP contribution in [0.1, 0.15) is 12.8 Å². The maximum Gasteiger partial charge on any atom is 0.178 e. The Morgan fingerprint density at radius 2 is 2.00 bits per heavy atom. The molecule has 5 heteroatoms. The molecular formula is C13H16ClN3S. The van der Waals surface area contributed by atoms with Crippen LogP contribution in [0, 0.1) is 4.77 Å². The molecule has 18 heavy (non-hydrogen) atoms. The fourth-order valence-electron chi connectivity index (χ4n) is 2.60. The lowest BCUT2D eigenvalue weighted by Crippen LogP contribution is -2.24. The highest BCUT2D eigenvalue weighted by Crippen LogP contribution is 2.19. The average molecular weight is 282 g/mol. The minimum absolute atomic E-state index is 0.756. The van der Waals surface area contributed by atoms with E-state index in [1.165, 1.54) is 25.9 Å². The van der Waals surface area contributed by atoms with Gasteiger partial charge in [0.25, 0.3) is 0 Å². The minimum Gasteiger partial charge on any atom is -0.331 e. The maximum atomic E-state index is 6.06. The van der Waals surface area contributed by atoms with Crippen molar-refractivity contribution >= 4 is 34.9 Å². The zero-order valence-electron chi connectivity index (χ0n) is 10.2. The summed E-state index contributed by atoms with van der Waals surface area (Å²) in [5.41, 5.74) is 2.16. The van der Waals surface area contributed by atoms with Crippen molar-refractivity contribution in [1.82, 2.24) is 14.5 Å². The SMILES string of the molecule is S=c1[nH]c2ccc(Cl)cc2n1CCN1CCCC1. The summed E-state index contributed by atoms with van der Waals surface area (Å²) in [5, 5.41) is 0.756. The number of nitrogens with one attached hydrogen (secondary N) is 1. The number of fused-ring (bicyclic) bond motifs is 1. The van der Waals surface area contributed by atoms with Gasteiger partial charge >= 0.3 is 0 Å². The van der Waals surface area contributed by atoms with Crippen molar-refractivity contribution in [2.24, 2.45) is 0 Å². The molecule has 1 fully saturated rings. The van der Waals surface area contributed by atoms with Crippen LogP contribution in [-0.4, -0.2) is 34.1 Å². The maximum absolute atomic E-state index is 6.06. The van der Waals surface area contributed by atoms with E-state index in [9.17, 15) is 0 Å². The summed E-state index contributed by atoms with van der Waals surface area (Å²) in [6, 6.07) is 5.85. The number of likely N-dealkylation sites (tertiary alicyclic amines) is 1. The summed E-state index contributed by atoms with van der Waals surface area (Å²) in [4.78, 5) is 5.72. The minimum atomic E-state index is 0.756. The first-order valence-corrected chi connectivity index (χ1v) is 7.13. The molecule has 0 atom stereocenters. The molecule has 3 nitrogen and oxygen atoms in total. The van der Waals surface area contributed by atoms with Gasteiger partial charge < -0.3 is 14.5 Å². The normalized spacial score (nSPS) is 16.7. The average Bonchev–Trinajstić information content (AvgIpc) is 2.94. The number of imidazole rings is 1. The molecule has 3 rings (SSSR count). The number of nitrogens with zero attached hydrogens (tertiary/aromatic N) is 2. The number of aromatic nitrogens is 2. The van der Waals surface area contributed by atoms with Gasteiger partial charge in [0.1, 0.15) is 0 Å². The van der Waals surface area contributed by atoms with Crippen LogP contribution in [0.5, 0.6) is 0 Å². The van der Waals surface area contributed by atoms with Crippen molar-refractivity contribution in [1.29, 1.82) is 0 Å². The van der Waals surface area contributed by atoms with Crippen molar-refractivity contribution in [3.8, 4) is 0 Å². The molecule has 1 saturated heterocycles. The van der Waals surface area contributed by atoms with E-state index in [2.05, 4.69) is 14.5 Å². The standard InChI is InChI=1S/C13H16ClN3S/c14-10-3-4-11-12(9-10)17(13(18)15-11)8-7-16-5-1-2-6-16/h3-4,9H,1-2,5-8H2,(H,15,18). The number of aromatic amines is 1. The van der Waals surface area contributed by atoms with Crippen LogP contribution in [0.3, 0.4) is 0 Å². The Bertz CT molecular complexity index is 610. The molecule has 1 aliphatic rings. The highest BCUT2D eigenvalue weighted by Gasteiger charge is 2.12.